The van der Waals surface area contributed by atoms with Crippen molar-refractivity contribution in [1.29, 1.82) is 0 Å². The first kappa shape index (κ1) is 10.9. The van der Waals surface area contributed by atoms with Crippen LogP contribution in [-0.2, 0) is 6.54 Å². The Morgan fingerprint density at radius 3 is 2.78 bits per heavy atom. The van der Waals surface area contributed by atoms with Crippen LogP contribution < -0.4 is 5.69 Å². The van der Waals surface area contributed by atoms with Crippen LogP contribution in [0.4, 0.5) is 0 Å². The molecule has 0 atom stereocenters. The fourth-order valence-electron chi connectivity index (χ4n) is 1.89. The van der Waals surface area contributed by atoms with Gasteiger partial charge < -0.3 is 0 Å². The Hall–Kier alpha value is -2.21. The smallest absolute Gasteiger partial charge is 0.298 e. The lowest BCUT2D eigenvalue weighted by atomic mass is 10.2. The largest absolute Gasteiger partial charge is 0.350 e. The van der Waals surface area contributed by atoms with Gasteiger partial charge in [-0.3, -0.25) is 9.55 Å². The minimum Gasteiger partial charge on any atom is -0.298 e. The Labute approximate surface area is 107 Å². The minimum atomic E-state index is -0.315. The van der Waals surface area contributed by atoms with Crippen molar-refractivity contribution in [2.24, 2.45) is 0 Å². The number of benzene rings is 1. The molecule has 0 aliphatic rings. The van der Waals surface area contributed by atoms with E-state index in [0.29, 0.717) is 17.0 Å². The van der Waals surface area contributed by atoms with Crippen LogP contribution in [-0.4, -0.2) is 19.2 Å². The Morgan fingerprint density at radius 2 is 2.00 bits per heavy atom. The van der Waals surface area contributed by atoms with Crippen molar-refractivity contribution in [1.82, 2.24) is 19.2 Å². The maximum absolute atomic E-state index is 11.6. The Kier molecular flexibility index (Phi) is 2.56. The van der Waals surface area contributed by atoms with E-state index < -0.39 is 0 Å². The number of aromatic nitrogens is 4. The molecule has 3 aromatic rings. The number of hydrogen-bond donors (Lipinski definition) is 1. The van der Waals surface area contributed by atoms with Gasteiger partial charge in [0.05, 0.1) is 12.7 Å². The molecular weight excluding hydrogens is 248 g/mol. The molecule has 3 rings (SSSR count). The van der Waals surface area contributed by atoms with E-state index in [4.69, 9.17) is 12.2 Å². The molecule has 0 radical (unpaired) electrons. The van der Waals surface area contributed by atoms with E-state index >= 15 is 0 Å². The second-order valence-corrected chi connectivity index (χ2v) is 4.29. The van der Waals surface area contributed by atoms with Crippen LogP contribution >= 0.6 is 12.2 Å². The van der Waals surface area contributed by atoms with Gasteiger partial charge in [0, 0.05) is 6.07 Å². The van der Waals surface area contributed by atoms with Crippen molar-refractivity contribution in [3.05, 3.63) is 63.4 Å². The molecular formula is C12H10N4OS. The molecule has 2 aromatic heterocycles. The third kappa shape index (κ3) is 1.76. The molecule has 18 heavy (non-hydrogen) atoms. The van der Waals surface area contributed by atoms with E-state index in [0.717, 1.165) is 5.56 Å². The summed E-state index contributed by atoms with van der Waals surface area (Å²) in [5.74, 6) is 0. The zero-order valence-corrected chi connectivity index (χ0v) is 10.2. The summed E-state index contributed by atoms with van der Waals surface area (Å²) in [6.07, 6.45) is 1.58. The van der Waals surface area contributed by atoms with Gasteiger partial charge in [0.25, 0.3) is 0 Å². The van der Waals surface area contributed by atoms with E-state index in [1.165, 1.54) is 4.52 Å². The Balaban J connectivity index is 2.21. The lowest BCUT2D eigenvalue weighted by Gasteiger charge is -2.08. The molecule has 0 saturated heterocycles. The maximum atomic E-state index is 11.6. The molecule has 90 valence electrons. The molecule has 2 heterocycles. The zero-order valence-electron chi connectivity index (χ0n) is 9.41. The van der Waals surface area contributed by atoms with E-state index in [2.05, 4.69) is 10.1 Å². The lowest BCUT2D eigenvalue weighted by molar-refractivity contribution is 0.708. The van der Waals surface area contributed by atoms with E-state index in [9.17, 15) is 4.79 Å². The summed E-state index contributed by atoms with van der Waals surface area (Å²) in [5.41, 5.74) is 1.49. The van der Waals surface area contributed by atoms with Crippen molar-refractivity contribution in [3.63, 3.8) is 0 Å². The minimum absolute atomic E-state index is 0.315. The quantitative estimate of drug-likeness (QED) is 0.710. The molecule has 0 aliphatic heterocycles. The maximum Gasteiger partial charge on any atom is 0.350 e. The molecule has 5 nitrogen and oxygen atoms in total. The number of fused-ring (bicyclic) bond motifs is 1. The van der Waals surface area contributed by atoms with Gasteiger partial charge in [0.15, 0.2) is 4.77 Å². The van der Waals surface area contributed by atoms with Gasteiger partial charge in [-0.2, -0.15) is 9.61 Å². The predicted octanol–water partition coefficient (Wildman–Crippen LogP) is 1.60. The van der Waals surface area contributed by atoms with Crippen molar-refractivity contribution in [2.75, 3.05) is 0 Å². The fourth-order valence-corrected chi connectivity index (χ4v) is 2.14. The van der Waals surface area contributed by atoms with Gasteiger partial charge in [-0.25, -0.2) is 4.79 Å². The molecule has 0 saturated carbocycles. The van der Waals surface area contributed by atoms with Crippen LogP contribution in [0.2, 0.25) is 0 Å². The van der Waals surface area contributed by atoms with Crippen LogP contribution in [0, 0.1) is 4.77 Å². The van der Waals surface area contributed by atoms with E-state index in [1.807, 2.05) is 34.9 Å². The van der Waals surface area contributed by atoms with Crippen LogP contribution in [0.5, 0.6) is 0 Å². The molecule has 1 N–H and O–H groups in total. The molecule has 0 bridgehead atoms. The zero-order chi connectivity index (χ0) is 12.5. The number of H-pyrrole nitrogens is 1. The molecule has 0 amide bonds. The number of hydrogen-bond acceptors (Lipinski definition) is 3. The highest BCUT2D eigenvalue weighted by Gasteiger charge is 2.05. The summed E-state index contributed by atoms with van der Waals surface area (Å²) in [4.78, 5) is 14.2. The van der Waals surface area contributed by atoms with Crippen molar-refractivity contribution >= 4 is 17.9 Å². The van der Waals surface area contributed by atoms with Gasteiger partial charge in [-0.05, 0) is 17.8 Å². The molecule has 6 heteroatoms. The number of nitrogens with zero attached hydrogens (tertiary/aromatic N) is 3. The van der Waals surface area contributed by atoms with Crippen molar-refractivity contribution in [3.8, 4) is 0 Å². The topological polar surface area (TPSA) is 55.1 Å². The van der Waals surface area contributed by atoms with Gasteiger partial charge in [-0.15, -0.1) is 0 Å². The van der Waals surface area contributed by atoms with Crippen molar-refractivity contribution in [2.45, 2.75) is 6.54 Å². The predicted molar refractivity (Wildman–Crippen MR) is 70.2 cm³/mol. The molecule has 0 unspecified atom stereocenters. The third-order valence-electron chi connectivity index (χ3n) is 2.73. The van der Waals surface area contributed by atoms with Gasteiger partial charge in [-0.1, -0.05) is 30.3 Å². The van der Waals surface area contributed by atoms with Crippen LogP contribution in [0.1, 0.15) is 5.56 Å². The first-order chi connectivity index (χ1) is 8.75. The summed E-state index contributed by atoms with van der Waals surface area (Å²) in [6.45, 7) is 0.603. The summed E-state index contributed by atoms with van der Waals surface area (Å²) in [5, 5.41) is 3.97. The van der Waals surface area contributed by atoms with Gasteiger partial charge in [0.1, 0.15) is 5.65 Å². The monoisotopic (exact) mass is 258 g/mol. The summed E-state index contributed by atoms with van der Waals surface area (Å²) < 4.78 is 3.55. The second-order valence-electron chi connectivity index (χ2n) is 3.91. The number of aromatic amines is 1. The first-order valence-corrected chi connectivity index (χ1v) is 5.87. The summed E-state index contributed by atoms with van der Waals surface area (Å²) in [7, 11) is 0. The Bertz CT molecular complexity index is 800. The average molecular weight is 258 g/mol. The fraction of sp³-hybridized carbons (Fsp3) is 0.0833. The number of rotatable bonds is 2. The van der Waals surface area contributed by atoms with Crippen molar-refractivity contribution < 1.29 is 0 Å². The van der Waals surface area contributed by atoms with Gasteiger partial charge >= 0.3 is 5.69 Å². The lowest BCUT2D eigenvalue weighted by Crippen LogP contribution is -2.22. The van der Waals surface area contributed by atoms with E-state index in [1.54, 1.807) is 12.3 Å². The van der Waals surface area contributed by atoms with Crippen LogP contribution in [0.25, 0.3) is 5.65 Å². The third-order valence-corrected chi connectivity index (χ3v) is 3.06. The second kappa shape index (κ2) is 4.23. The highest BCUT2D eigenvalue weighted by atomic mass is 32.1. The Morgan fingerprint density at radius 1 is 1.22 bits per heavy atom. The molecule has 1 aromatic carbocycles. The average Bonchev–Trinajstić information content (AvgIpc) is 2.85. The summed E-state index contributed by atoms with van der Waals surface area (Å²) in [6, 6.07) is 11.7. The van der Waals surface area contributed by atoms with Crippen LogP contribution in [0.15, 0.2) is 47.4 Å². The standard InChI is InChI=1S/C12H10N4OS/c17-11-14-12(18)15(10-6-7-13-16(10)11)8-9-4-2-1-3-5-9/h1-7H,8H2,(H,14,17,18). The summed E-state index contributed by atoms with van der Waals surface area (Å²) >= 11 is 5.20. The normalized spacial score (nSPS) is 10.9. The highest BCUT2D eigenvalue weighted by molar-refractivity contribution is 7.71. The SMILES string of the molecule is O=c1[nH]c(=S)n(Cc2ccccc2)c2ccnn12. The first-order valence-electron chi connectivity index (χ1n) is 5.46. The van der Waals surface area contributed by atoms with Crippen LogP contribution in [0.3, 0.4) is 0 Å². The number of nitrogens with one attached hydrogen (secondary N) is 1. The van der Waals surface area contributed by atoms with E-state index in [-0.39, 0.29) is 5.69 Å². The molecule has 0 fully saturated rings. The van der Waals surface area contributed by atoms with Gasteiger partial charge in [0.2, 0.25) is 0 Å². The molecule has 0 spiro atoms. The highest BCUT2D eigenvalue weighted by Crippen LogP contribution is 2.06. The molecule has 0 aliphatic carbocycles.